The van der Waals surface area contributed by atoms with Gasteiger partial charge in [-0.3, -0.25) is 4.79 Å². The SMILES string of the molecule is CC1CCC(C(=O)O)C(OCC2CC2)C1. The molecule has 2 aliphatic rings. The molecule has 2 aliphatic carbocycles. The Labute approximate surface area is 90.8 Å². The molecule has 0 spiro atoms. The normalized spacial score (nSPS) is 36.5. The van der Waals surface area contributed by atoms with Gasteiger partial charge in [0, 0.05) is 6.61 Å². The molecule has 0 bridgehead atoms. The van der Waals surface area contributed by atoms with Crippen LogP contribution in [0.5, 0.6) is 0 Å². The molecule has 15 heavy (non-hydrogen) atoms. The van der Waals surface area contributed by atoms with E-state index in [2.05, 4.69) is 6.92 Å². The highest BCUT2D eigenvalue weighted by Crippen LogP contribution is 2.34. The van der Waals surface area contributed by atoms with Crippen molar-refractivity contribution in [3.05, 3.63) is 0 Å². The lowest BCUT2D eigenvalue weighted by atomic mass is 9.80. The predicted molar refractivity (Wildman–Crippen MR) is 56.6 cm³/mol. The van der Waals surface area contributed by atoms with Crippen LogP contribution in [0.25, 0.3) is 0 Å². The average Bonchev–Trinajstić information content (AvgIpc) is 2.97. The van der Waals surface area contributed by atoms with Crippen LogP contribution >= 0.6 is 0 Å². The van der Waals surface area contributed by atoms with Crippen LogP contribution in [0.2, 0.25) is 0 Å². The molecule has 0 aliphatic heterocycles. The quantitative estimate of drug-likeness (QED) is 0.777. The third kappa shape index (κ3) is 2.94. The first kappa shape index (κ1) is 10.9. The maximum atomic E-state index is 11.1. The van der Waals surface area contributed by atoms with Crippen molar-refractivity contribution in [3.8, 4) is 0 Å². The second kappa shape index (κ2) is 4.52. The number of hydrogen-bond donors (Lipinski definition) is 1. The number of ether oxygens (including phenoxy) is 1. The lowest BCUT2D eigenvalue weighted by Crippen LogP contribution is -2.36. The van der Waals surface area contributed by atoms with Gasteiger partial charge in [0.15, 0.2) is 0 Å². The molecule has 1 N–H and O–H groups in total. The molecule has 3 heteroatoms. The van der Waals surface area contributed by atoms with Gasteiger partial charge in [-0.05, 0) is 43.9 Å². The van der Waals surface area contributed by atoms with Gasteiger partial charge in [-0.2, -0.15) is 0 Å². The van der Waals surface area contributed by atoms with Crippen molar-refractivity contribution >= 4 is 5.97 Å². The van der Waals surface area contributed by atoms with Crippen LogP contribution in [-0.4, -0.2) is 23.8 Å². The van der Waals surface area contributed by atoms with Gasteiger partial charge < -0.3 is 9.84 Å². The molecular formula is C12H20O3. The smallest absolute Gasteiger partial charge is 0.309 e. The zero-order valence-electron chi connectivity index (χ0n) is 9.32. The Morgan fingerprint density at radius 3 is 2.67 bits per heavy atom. The second-order valence-electron chi connectivity index (χ2n) is 5.18. The van der Waals surface area contributed by atoms with Gasteiger partial charge in [0.05, 0.1) is 12.0 Å². The first-order valence-electron chi connectivity index (χ1n) is 6.01. The van der Waals surface area contributed by atoms with E-state index in [0.717, 1.165) is 31.8 Å². The molecule has 2 saturated carbocycles. The number of hydrogen-bond acceptors (Lipinski definition) is 2. The summed E-state index contributed by atoms with van der Waals surface area (Å²) in [4.78, 5) is 11.1. The molecule has 3 unspecified atom stereocenters. The van der Waals surface area contributed by atoms with Crippen LogP contribution in [-0.2, 0) is 9.53 Å². The summed E-state index contributed by atoms with van der Waals surface area (Å²) in [7, 11) is 0. The minimum absolute atomic E-state index is 0.0353. The Morgan fingerprint density at radius 2 is 2.07 bits per heavy atom. The molecule has 86 valence electrons. The number of carboxylic acid groups (broad SMARTS) is 1. The molecule has 2 rings (SSSR count). The Morgan fingerprint density at radius 1 is 1.33 bits per heavy atom. The number of carboxylic acids is 1. The van der Waals surface area contributed by atoms with Crippen molar-refractivity contribution in [3.63, 3.8) is 0 Å². The third-order valence-corrected chi connectivity index (χ3v) is 3.61. The maximum Gasteiger partial charge on any atom is 0.309 e. The number of rotatable bonds is 4. The lowest BCUT2D eigenvalue weighted by Gasteiger charge is -2.32. The fraction of sp³-hybridized carbons (Fsp3) is 0.917. The Hall–Kier alpha value is -0.570. The Balaban J connectivity index is 1.86. The zero-order valence-corrected chi connectivity index (χ0v) is 9.32. The van der Waals surface area contributed by atoms with E-state index in [1.807, 2.05) is 0 Å². The van der Waals surface area contributed by atoms with Gasteiger partial charge in [0.25, 0.3) is 0 Å². The first-order valence-corrected chi connectivity index (χ1v) is 6.01. The summed E-state index contributed by atoms with van der Waals surface area (Å²) in [6.07, 6.45) is 5.22. The monoisotopic (exact) mass is 212 g/mol. The van der Waals surface area contributed by atoms with Gasteiger partial charge >= 0.3 is 5.97 Å². The van der Waals surface area contributed by atoms with Gasteiger partial charge in [-0.25, -0.2) is 0 Å². The molecule has 0 saturated heterocycles. The largest absolute Gasteiger partial charge is 0.481 e. The molecular weight excluding hydrogens is 192 g/mol. The molecule has 0 radical (unpaired) electrons. The van der Waals surface area contributed by atoms with E-state index >= 15 is 0 Å². The van der Waals surface area contributed by atoms with E-state index in [1.165, 1.54) is 12.8 Å². The minimum Gasteiger partial charge on any atom is -0.481 e. The molecule has 2 fully saturated rings. The van der Waals surface area contributed by atoms with Crippen LogP contribution < -0.4 is 0 Å². The summed E-state index contributed by atoms with van der Waals surface area (Å²) in [5.41, 5.74) is 0. The maximum absolute atomic E-state index is 11.1. The van der Waals surface area contributed by atoms with Gasteiger partial charge in [-0.15, -0.1) is 0 Å². The van der Waals surface area contributed by atoms with Crippen molar-refractivity contribution in [2.75, 3.05) is 6.61 Å². The van der Waals surface area contributed by atoms with Gasteiger partial charge in [-0.1, -0.05) is 6.92 Å². The van der Waals surface area contributed by atoms with Crippen molar-refractivity contribution in [2.24, 2.45) is 17.8 Å². The zero-order chi connectivity index (χ0) is 10.8. The van der Waals surface area contributed by atoms with Gasteiger partial charge in [0.1, 0.15) is 0 Å². The average molecular weight is 212 g/mol. The van der Waals surface area contributed by atoms with Gasteiger partial charge in [0.2, 0.25) is 0 Å². The second-order valence-corrected chi connectivity index (χ2v) is 5.18. The first-order chi connectivity index (χ1) is 7.16. The van der Waals surface area contributed by atoms with Crippen LogP contribution in [0.1, 0.15) is 39.0 Å². The van der Waals surface area contributed by atoms with Crippen LogP contribution in [0.4, 0.5) is 0 Å². The summed E-state index contributed by atoms with van der Waals surface area (Å²) in [6, 6.07) is 0. The standard InChI is InChI=1S/C12H20O3/c1-8-2-5-10(12(13)14)11(6-8)15-7-9-3-4-9/h8-11H,2-7H2,1H3,(H,13,14). The van der Waals surface area contributed by atoms with Crippen LogP contribution in [0.15, 0.2) is 0 Å². The fourth-order valence-corrected chi connectivity index (χ4v) is 2.34. The fourth-order valence-electron chi connectivity index (χ4n) is 2.34. The summed E-state index contributed by atoms with van der Waals surface area (Å²) >= 11 is 0. The van der Waals surface area contributed by atoms with E-state index < -0.39 is 5.97 Å². The predicted octanol–water partition coefficient (Wildman–Crippen LogP) is 2.30. The van der Waals surface area contributed by atoms with Crippen LogP contribution in [0.3, 0.4) is 0 Å². The van der Waals surface area contributed by atoms with E-state index in [1.54, 1.807) is 0 Å². The minimum atomic E-state index is -0.678. The summed E-state index contributed by atoms with van der Waals surface area (Å²) in [6.45, 7) is 2.97. The molecule has 3 atom stereocenters. The highest BCUT2D eigenvalue weighted by molar-refractivity contribution is 5.70. The van der Waals surface area contributed by atoms with E-state index in [9.17, 15) is 4.79 Å². The highest BCUT2D eigenvalue weighted by atomic mass is 16.5. The number of carbonyl (C=O) groups is 1. The molecule has 0 heterocycles. The highest BCUT2D eigenvalue weighted by Gasteiger charge is 2.35. The molecule has 0 aromatic carbocycles. The van der Waals surface area contributed by atoms with E-state index in [-0.39, 0.29) is 12.0 Å². The topological polar surface area (TPSA) is 46.5 Å². The van der Waals surface area contributed by atoms with E-state index in [0.29, 0.717) is 5.92 Å². The Kier molecular flexibility index (Phi) is 3.29. The summed E-state index contributed by atoms with van der Waals surface area (Å²) in [5.74, 6) is 0.393. The summed E-state index contributed by atoms with van der Waals surface area (Å²) < 4.78 is 5.77. The van der Waals surface area contributed by atoms with Crippen molar-refractivity contribution in [2.45, 2.75) is 45.1 Å². The molecule has 0 aromatic heterocycles. The molecule has 0 amide bonds. The van der Waals surface area contributed by atoms with Crippen molar-refractivity contribution in [1.29, 1.82) is 0 Å². The van der Waals surface area contributed by atoms with E-state index in [4.69, 9.17) is 9.84 Å². The number of aliphatic carboxylic acids is 1. The van der Waals surface area contributed by atoms with Crippen molar-refractivity contribution < 1.29 is 14.6 Å². The Bertz CT molecular complexity index is 235. The molecule has 0 aromatic rings. The third-order valence-electron chi connectivity index (χ3n) is 3.61. The lowest BCUT2D eigenvalue weighted by molar-refractivity contribution is -0.151. The molecule has 3 nitrogen and oxygen atoms in total. The van der Waals surface area contributed by atoms with Crippen molar-refractivity contribution in [1.82, 2.24) is 0 Å². The van der Waals surface area contributed by atoms with Crippen LogP contribution in [0, 0.1) is 17.8 Å². The summed E-state index contributed by atoms with van der Waals surface area (Å²) in [5, 5.41) is 9.10.